The van der Waals surface area contributed by atoms with Crippen molar-refractivity contribution in [3.63, 3.8) is 0 Å². The van der Waals surface area contributed by atoms with Crippen LogP contribution in [-0.4, -0.2) is 39.5 Å². The number of aromatic nitrogens is 2. The van der Waals surface area contributed by atoms with E-state index in [4.69, 9.17) is 14.4 Å². The van der Waals surface area contributed by atoms with E-state index in [2.05, 4.69) is 15.3 Å². The first kappa shape index (κ1) is 16.5. The van der Waals surface area contributed by atoms with Crippen molar-refractivity contribution in [1.82, 2.24) is 9.97 Å². The largest absolute Gasteiger partial charge is 0.494 e. The molecule has 0 unspecified atom stereocenters. The molecule has 2 aromatic rings. The highest BCUT2D eigenvalue weighted by Crippen LogP contribution is 2.36. The Morgan fingerprint density at radius 3 is 2.29 bits per heavy atom. The molecular formula is C16H20BN3O4. The Labute approximate surface area is 140 Å². The molecule has 0 saturated carbocycles. The van der Waals surface area contributed by atoms with E-state index < -0.39 is 13.2 Å². The zero-order chi connectivity index (χ0) is 17.5. The Hall–Kier alpha value is -2.32. The second-order valence-corrected chi connectivity index (χ2v) is 6.79. The van der Waals surface area contributed by atoms with Crippen LogP contribution in [0.15, 0.2) is 30.5 Å². The van der Waals surface area contributed by atoms with Gasteiger partial charge in [-0.25, -0.2) is 9.78 Å². The summed E-state index contributed by atoms with van der Waals surface area (Å²) in [4.78, 5) is 17.5. The second-order valence-electron chi connectivity index (χ2n) is 6.79. The van der Waals surface area contributed by atoms with Crippen molar-refractivity contribution in [2.45, 2.75) is 38.9 Å². The molecule has 3 N–H and O–H groups in total. The lowest BCUT2D eigenvalue weighted by molar-refractivity contribution is 0.00578. The number of benzene rings is 1. The highest BCUT2D eigenvalue weighted by Gasteiger charge is 2.51. The number of carboxylic acid groups (broad SMARTS) is 1. The molecule has 0 aliphatic carbocycles. The monoisotopic (exact) mass is 329 g/mol. The van der Waals surface area contributed by atoms with Crippen molar-refractivity contribution in [2.75, 3.05) is 5.32 Å². The highest BCUT2D eigenvalue weighted by atomic mass is 16.7. The van der Waals surface area contributed by atoms with Crippen molar-refractivity contribution < 1.29 is 19.2 Å². The summed E-state index contributed by atoms with van der Waals surface area (Å²) in [5, 5.41) is 10.9. The van der Waals surface area contributed by atoms with Gasteiger partial charge in [-0.2, -0.15) is 0 Å². The molecule has 8 heteroatoms. The summed E-state index contributed by atoms with van der Waals surface area (Å²) in [6, 6.07) is 7.70. The van der Waals surface area contributed by atoms with Crippen molar-refractivity contribution in [2.24, 2.45) is 0 Å². The molecule has 3 rings (SSSR count). The van der Waals surface area contributed by atoms with Crippen LogP contribution >= 0.6 is 0 Å². The van der Waals surface area contributed by atoms with E-state index in [1.165, 1.54) is 0 Å². The van der Waals surface area contributed by atoms with Gasteiger partial charge in [0.15, 0.2) is 0 Å². The number of nitrogens with zero attached hydrogens (tertiary/aromatic N) is 1. The Kier molecular flexibility index (Phi) is 3.89. The minimum Gasteiger partial charge on any atom is -0.465 e. The van der Waals surface area contributed by atoms with Gasteiger partial charge >= 0.3 is 13.2 Å². The molecule has 0 bridgehead atoms. The third-order valence-electron chi connectivity index (χ3n) is 4.55. The van der Waals surface area contributed by atoms with Gasteiger partial charge in [0.25, 0.3) is 0 Å². The molecule has 1 aliphatic rings. The number of hydrogen-bond acceptors (Lipinski definition) is 4. The molecular weight excluding hydrogens is 309 g/mol. The molecule has 1 aromatic carbocycles. The first-order chi connectivity index (χ1) is 11.2. The molecule has 2 heterocycles. The fraction of sp³-hybridized carbons (Fsp3) is 0.375. The summed E-state index contributed by atoms with van der Waals surface area (Å²) >= 11 is 0. The molecule has 7 nitrogen and oxygen atoms in total. The lowest BCUT2D eigenvalue weighted by Gasteiger charge is -2.32. The SMILES string of the molecule is CC1(C)OB(c2ccc(-c3cnc(NC(=O)O)[nH]3)cc2)OC1(C)C. The number of anilines is 1. The first-order valence-electron chi connectivity index (χ1n) is 7.69. The van der Waals surface area contributed by atoms with E-state index in [-0.39, 0.29) is 17.2 Å². The third-order valence-corrected chi connectivity index (χ3v) is 4.55. The molecule has 1 saturated heterocycles. The number of aromatic amines is 1. The molecule has 0 atom stereocenters. The van der Waals surface area contributed by atoms with Crippen molar-refractivity contribution in [1.29, 1.82) is 0 Å². The van der Waals surface area contributed by atoms with Crippen LogP contribution in [0, 0.1) is 0 Å². The molecule has 0 radical (unpaired) electrons. The number of hydrogen-bond donors (Lipinski definition) is 3. The molecule has 0 spiro atoms. The zero-order valence-electron chi connectivity index (χ0n) is 14.1. The maximum Gasteiger partial charge on any atom is 0.494 e. The first-order valence-corrected chi connectivity index (χ1v) is 7.69. The van der Waals surface area contributed by atoms with E-state index >= 15 is 0 Å². The molecule has 1 aliphatic heterocycles. The number of H-pyrrole nitrogens is 1. The summed E-state index contributed by atoms with van der Waals surface area (Å²) in [6.07, 6.45) is 0.418. The van der Waals surface area contributed by atoms with Crippen molar-refractivity contribution in [3.05, 3.63) is 30.5 Å². The molecule has 1 amide bonds. The standard InChI is InChI=1S/C16H20BN3O4/c1-15(2)16(3,4)24-17(23-15)11-7-5-10(6-8-11)12-9-18-13(19-12)20-14(21)22/h5-9H,1-4H3,(H,21,22)(H2,18,19,20). The van der Waals surface area contributed by atoms with Crippen molar-refractivity contribution in [3.8, 4) is 11.3 Å². The van der Waals surface area contributed by atoms with E-state index in [0.29, 0.717) is 0 Å². The van der Waals surface area contributed by atoms with Crippen LogP contribution in [0.1, 0.15) is 27.7 Å². The second kappa shape index (κ2) is 5.64. The Morgan fingerprint density at radius 2 is 1.75 bits per heavy atom. The Morgan fingerprint density at radius 1 is 1.17 bits per heavy atom. The van der Waals surface area contributed by atoms with Crippen LogP contribution in [0.4, 0.5) is 10.7 Å². The molecule has 1 fully saturated rings. The summed E-state index contributed by atoms with van der Waals surface area (Å²) in [7, 11) is -0.407. The minimum absolute atomic E-state index is 0.188. The maximum absolute atomic E-state index is 10.6. The van der Waals surface area contributed by atoms with Crippen LogP contribution in [0.5, 0.6) is 0 Å². The Balaban J connectivity index is 1.77. The van der Waals surface area contributed by atoms with E-state index in [1.807, 2.05) is 52.0 Å². The fourth-order valence-corrected chi connectivity index (χ4v) is 2.43. The van der Waals surface area contributed by atoms with Gasteiger partial charge in [0.2, 0.25) is 5.95 Å². The highest BCUT2D eigenvalue weighted by molar-refractivity contribution is 6.62. The van der Waals surface area contributed by atoms with Gasteiger partial charge in [-0.15, -0.1) is 0 Å². The average Bonchev–Trinajstić information content (AvgIpc) is 3.01. The summed E-state index contributed by atoms with van der Waals surface area (Å²) in [5.41, 5.74) is 1.79. The summed E-state index contributed by atoms with van der Waals surface area (Å²) in [6.45, 7) is 8.07. The molecule has 126 valence electrons. The number of imidazole rings is 1. The predicted octanol–water partition coefficient (Wildman–Crippen LogP) is 2.47. The summed E-state index contributed by atoms with van der Waals surface area (Å²) in [5.74, 6) is 0.188. The fourth-order valence-electron chi connectivity index (χ4n) is 2.43. The van der Waals surface area contributed by atoms with Crippen LogP contribution < -0.4 is 10.8 Å². The normalized spacial score (nSPS) is 18.6. The quantitative estimate of drug-likeness (QED) is 0.752. The lowest BCUT2D eigenvalue weighted by Crippen LogP contribution is -2.41. The zero-order valence-corrected chi connectivity index (χ0v) is 14.1. The van der Waals surface area contributed by atoms with Gasteiger partial charge in [-0.05, 0) is 38.7 Å². The molecule has 24 heavy (non-hydrogen) atoms. The molecule has 1 aromatic heterocycles. The number of amides is 1. The smallest absolute Gasteiger partial charge is 0.465 e. The van der Waals surface area contributed by atoms with E-state index in [0.717, 1.165) is 16.7 Å². The average molecular weight is 329 g/mol. The van der Waals surface area contributed by atoms with Crippen LogP contribution in [0.25, 0.3) is 11.3 Å². The van der Waals surface area contributed by atoms with Crippen LogP contribution in [0.3, 0.4) is 0 Å². The van der Waals surface area contributed by atoms with Crippen LogP contribution in [-0.2, 0) is 9.31 Å². The summed E-state index contributed by atoms with van der Waals surface area (Å²) < 4.78 is 12.1. The minimum atomic E-state index is -1.16. The predicted molar refractivity (Wildman–Crippen MR) is 91.4 cm³/mol. The van der Waals surface area contributed by atoms with E-state index in [1.54, 1.807) is 6.20 Å². The van der Waals surface area contributed by atoms with Gasteiger partial charge in [-0.3, -0.25) is 5.32 Å². The topological polar surface area (TPSA) is 96.5 Å². The number of carbonyl (C=O) groups is 1. The van der Waals surface area contributed by atoms with Gasteiger partial charge in [0.1, 0.15) is 0 Å². The lowest BCUT2D eigenvalue weighted by atomic mass is 9.79. The third kappa shape index (κ3) is 3.02. The van der Waals surface area contributed by atoms with E-state index in [9.17, 15) is 4.79 Å². The van der Waals surface area contributed by atoms with Gasteiger partial charge in [0.05, 0.1) is 23.1 Å². The Bertz CT molecular complexity index is 739. The van der Waals surface area contributed by atoms with Crippen LogP contribution in [0.2, 0.25) is 0 Å². The maximum atomic E-state index is 10.6. The van der Waals surface area contributed by atoms with Crippen molar-refractivity contribution >= 4 is 24.6 Å². The van der Waals surface area contributed by atoms with Gasteiger partial charge in [0, 0.05) is 0 Å². The van der Waals surface area contributed by atoms with Gasteiger partial charge < -0.3 is 19.4 Å². The van der Waals surface area contributed by atoms with Gasteiger partial charge in [-0.1, -0.05) is 24.3 Å². The number of rotatable bonds is 3. The number of nitrogens with one attached hydrogen (secondary N) is 2.